The van der Waals surface area contributed by atoms with Gasteiger partial charge in [-0.2, -0.15) is 0 Å². The average molecular weight is 395 g/mol. The molecule has 150 valence electrons. The fourth-order valence-corrected chi connectivity index (χ4v) is 3.29. The first-order chi connectivity index (χ1) is 13.9. The summed E-state index contributed by atoms with van der Waals surface area (Å²) in [6.07, 6.45) is -0.0740. The molecule has 2 N–H and O–H groups in total. The second-order valence-electron chi connectivity index (χ2n) is 6.50. The molecule has 8 nitrogen and oxygen atoms in total. The van der Waals surface area contributed by atoms with E-state index in [1.54, 1.807) is 36.4 Å². The second-order valence-corrected chi connectivity index (χ2v) is 6.50. The number of hydrogen-bond acceptors (Lipinski definition) is 5. The zero-order chi connectivity index (χ0) is 21.0. The van der Waals surface area contributed by atoms with Crippen LogP contribution in [0.3, 0.4) is 0 Å². The Labute approximate surface area is 167 Å². The first-order valence-electron chi connectivity index (χ1n) is 9.00. The molecule has 8 heteroatoms. The fourth-order valence-electron chi connectivity index (χ4n) is 3.29. The normalized spacial score (nSPS) is 14.9. The first kappa shape index (κ1) is 20.2. The van der Waals surface area contributed by atoms with Gasteiger partial charge in [-0.25, -0.2) is 4.90 Å². The van der Waals surface area contributed by atoms with E-state index in [0.29, 0.717) is 5.56 Å². The average Bonchev–Trinajstić information content (AvgIpc) is 3.01. The van der Waals surface area contributed by atoms with Crippen LogP contribution in [0, 0.1) is 0 Å². The molecule has 1 aliphatic heterocycles. The first-order valence-corrected chi connectivity index (χ1v) is 9.00. The van der Waals surface area contributed by atoms with E-state index < -0.39 is 29.4 Å². The molecule has 2 aromatic rings. The van der Waals surface area contributed by atoms with E-state index in [0.717, 1.165) is 4.90 Å². The van der Waals surface area contributed by atoms with Crippen molar-refractivity contribution in [3.63, 3.8) is 0 Å². The van der Waals surface area contributed by atoms with Crippen LogP contribution in [0.2, 0.25) is 0 Å². The van der Waals surface area contributed by atoms with Crippen LogP contribution < -0.4 is 10.6 Å². The maximum Gasteiger partial charge on any atom is 0.274 e. The lowest BCUT2D eigenvalue weighted by atomic mass is 9.99. The van der Waals surface area contributed by atoms with Crippen molar-refractivity contribution in [3.8, 4) is 0 Å². The number of fused-ring (bicyclic) bond motifs is 1. The molecule has 29 heavy (non-hydrogen) atoms. The fraction of sp³-hybridized carbons (Fsp3) is 0.238. The monoisotopic (exact) mass is 395 g/mol. The maximum atomic E-state index is 13.2. The summed E-state index contributed by atoms with van der Waals surface area (Å²) >= 11 is 0. The third kappa shape index (κ3) is 3.62. The minimum absolute atomic E-state index is 0.0740. The van der Waals surface area contributed by atoms with Crippen LogP contribution in [0.1, 0.15) is 26.3 Å². The molecule has 4 amide bonds. The lowest BCUT2D eigenvalue weighted by Crippen LogP contribution is -2.64. The summed E-state index contributed by atoms with van der Waals surface area (Å²) < 4.78 is 5.57. The Bertz CT molecular complexity index is 925. The third-order valence-electron chi connectivity index (χ3n) is 4.82. The van der Waals surface area contributed by atoms with Crippen molar-refractivity contribution < 1.29 is 23.9 Å². The Morgan fingerprint density at radius 1 is 0.966 bits per heavy atom. The maximum absolute atomic E-state index is 13.2. The van der Waals surface area contributed by atoms with E-state index >= 15 is 0 Å². The summed E-state index contributed by atoms with van der Waals surface area (Å²) in [6, 6.07) is 15.2. The van der Waals surface area contributed by atoms with Crippen molar-refractivity contribution in [2.45, 2.75) is 12.1 Å². The minimum Gasteiger partial charge on any atom is -0.358 e. The largest absolute Gasteiger partial charge is 0.358 e. The molecule has 0 bridgehead atoms. The van der Waals surface area contributed by atoms with Gasteiger partial charge in [-0.15, -0.1) is 0 Å². The topological polar surface area (TPSA) is 105 Å². The molecule has 0 saturated heterocycles. The van der Waals surface area contributed by atoms with E-state index in [-0.39, 0.29) is 24.1 Å². The van der Waals surface area contributed by atoms with Crippen LogP contribution >= 0.6 is 0 Å². The van der Waals surface area contributed by atoms with Gasteiger partial charge in [0.25, 0.3) is 17.7 Å². The smallest absolute Gasteiger partial charge is 0.274 e. The molecule has 1 aliphatic rings. The highest BCUT2D eigenvalue weighted by atomic mass is 16.5. The van der Waals surface area contributed by atoms with Gasteiger partial charge in [-0.05, 0) is 17.7 Å². The standard InChI is InChI=1S/C21H21N3O5/c1-22-17(25)13-23-20(28)21(29-2,12-14-8-4-3-5-9-14)24-18(26)15-10-6-7-11-16(15)19(24)27/h3-11H,12-13H2,1-2H3,(H,22,25)(H,23,28)/t21-/m0/s1. The Kier molecular flexibility index (Phi) is 5.74. The number of rotatable bonds is 7. The van der Waals surface area contributed by atoms with Crippen LogP contribution in [-0.2, 0) is 20.7 Å². The van der Waals surface area contributed by atoms with Crippen molar-refractivity contribution in [1.29, 1.82) is 0 Å². The van der Waals surface area contributed by atoms with Gasteiger partial charge in [0, 0.05) is 20.6 Å². The quantitative estimate of drug-likeness (QED) is 0.673. The van der Waals surface area contributed by atoms with E-state index in [4.69, 9.17) is 4.74 Å². The number of likely N-dealkylation sites (N-methyl/N-ethyl adjacent to an activating group) is 1. The molecule has 1 atom stereocenters. The van der Waals surface area contributed by atoms with Gasteiger partial charge < -0.3 is 15.4 Å². The van der Waals surface area contributed by atoms with Crippen molar-refractivity contribution in [3.05, 3.63) is 71.3 Å². The summed E-state index contributed by atoms with van der Waals surface area (Å²) in [5.74, 6) is -2.44. The molecule has 1 heterocycles. The number of imide groups is 1. The van der Waals surface area contributed by atoms with Gasteiger partial charge in [0.2, 0.25) is 11.6 Å². The van der Waals surface area contributed by atoms with Crippen molar-refractivity contribution >= 4 is 23.6 Å². The van der Waals surface area contributed by atoms with Gasteiger partial charge in [0.15, 0.2) is 0 Å². The molecule has 0 fully saturated rings. The summed E-state index contributed by atoms with van der Waals surface area (Å²) in [4.78, 5) is 51.8. The van der Waals surface area contributed by atoms with Crippen LogP contribution in [0.4, 0.5) is 0 Å². The molecular formula is C21H21N3O5. The molecule has 0 radical (unpaired) electrons. The Hall–Kier alpha value is -3.52. The molecular weight excluding hydrogens is 374 g/mol. The number of nitrogens with one attached hydrogen (secondary N) is 2. The molecule has 3 rings (SSSR count). The number of carbonyl (C=O) groups excluding carboxylic acids is 4. The Morgan fingerprint density at radius 2 is 1.52 bits per heavy atom. The predicted molar refractivity (Wildman–Crippen MR) is 104 cm³/mol. The van der Waals surface area contributed by atoms with Crippen LogP contribution in [0.25, 0.3) is 0 Å². The highest BCUT2D eigenvalue weighted by molar-refractivity contribution is 6.23. The van der Waals surface area contributed by atoms with E-state index in [1.165, 1.54) is 26.3 Å². The van der Waals surface area contributed by atoms with Gasteiger partial charge in [-0.3, -0.25) is 19.2 Å². The lowest BCUT2D eigenvalue weighted by Gasteiger charge is -2.37. The minimum atomic E-state index is -1.96. The Morgan fingerprint density at radius 3 is 2.03 bits per heavy atom. The summed E-state index contributed by atoms with van der Waals surface area (Å²) in [5.41, 5.74) is -0.874. The van der Waals surface area contributed by atoms with Gasteiger partial charge in [0.05, 0.1) is 17.7 Å². The van der Waals surface area contributed by atoms with E-state index in [9.17, 15) is 19.2 Å². The zero-order valence-electron chi connectivity index (χ0n) is 16.1. The van der Waals surface area contributed by atoms with Gasteiger partial charge >= 0.3 is 0 Å². The highest BCUT2D eigenvalue weighted by Crippen LogP contribution is 2.32. The van der Waals surface area contributed by atoms with Crippen LogP contribution in [-0.4, -0.2) is 55.0 Å². The Balaban J connectivity index is 2.05. The number of methoxy groups -OCH3 is 1. The number of hydrogen-bond donors (Lipinski definition) is 2. The summed E-state index contributed by atoms with van der Waals surface area (Å²) in [7, 11) is 2.69. The number of benzene rings is 2. The van der Waals surface area contributed by atoms with Crippen molar-refractivity contribution in [1.82, 2.24) is 15.5 Å². The van der Waals surface area contributed by atoms with E-state index in [1.807, 2.05) is 6.07 Å². The summed E-state index contributed by atoms with van der Waals surface area (Å²) in [6.45, 7) is -0.321. The number of ether oxygens (including phenoxy) is 1. The van der Waals surface area contributed by atoms with Gasteiger partial charge in [-0.1, -0.05) is 42.5 Å². The van der Waals surface area contributed by atoms with E-state index in [2.05, 4.69) is 10.6 Å². The second kappa shape index (κ2) is 8.24. The van der Waals surface area contributed by atoms with Crippen LogP contribution in [0.15, 0.2) is 54.6 Å². The number of carbonyl (C=O) groups is 4. The molecule has 0 aliphatic carbocycles. The molecule has 0 spiro atoms. The zero-order valence-corrected chi connectivity index (χ0v) is 16.1. The molecule has 0 saturated carbocycles. The molecule has 0 unspecified atom stereocenters. The van der Waals surface area contributed by atoms with Crippen LogP contribution in [0.5, 0.6) is 0 Å². The molecule has 2 aromatic carbocycles. The van der Waals surface area contributed by atoms with Gasteiger partial charge in [0.1, 0.15) is 0 Å². The summed E-state index contributed by atoms with van der Waals surface area (Å²) in [5, 5.41) is 4.87. The third-order valence-corrected chi connectivity index (χ3v) is 4.82. The van der Waals surface area contributed by atoms with Crippen molar-refractivity contribution in [2.24, 2.45) is 0 Å². The SMILES string of the molecule is CNC(=O)CNC(=O)[C@](Cc1ccccc1)(OC)N1C(=O)c2ccccc2C1=O. The lowest BCUT2D eigenvalue weighted by molar-refractivity contribution is -0.160. The highest BCUT2D eigenvalue weighted by Gasteiger charge is 2.54. The number of nitrogens with zero attached hydrogens (tertiary/aromatic N) is 1. The van der Waals surface area contributed by atoms with Crippen molar-refractivity contribution in [2.75, 3.05) is 20.7 Å². The predicted octanol–water partition coefficient (Wildman–Crippen LogP) is 0.730. The molecule has 0 aromatic heterocycles. The number of amides is 4.